The standard InChI is InChI=1S/C20H17ClF3N3O3S/c1-2-30-18(28)15-14(26-19(29)27-16(15)11-6-4-3-5-7-11)10-31-17-13(21)8-12(9-25-17)20(22,23)24/h3-9,16H,2,10H2,1H3,(H2,26,27,29)/t16-/m0/s1. The van der Waals surface area contributed by atoms with Gasteiger partial charge in [0.1, 0.15) is 5.03 Å². The van der Waals surface area contributed by atoms with E-state index in [0.717, 1.165) is 17.8 Å². The third-order valence-corrected chi connectivity index (χ3v) is 5.70. The first kappa shape index (κ1) is 23.0. The Morgan fingerprint density at radius 3 is 2.61 bits per heavy atom. The SMILES string of the molecule is CCOC(=O)C1=C(CSc2ncc(C(F)(F)F)cc2Cl)NC(=O)N[C@H]1c1ccccc1. The number of ether oxygens (including phenoxy) is 1. The van der Waals surface area contributed by atoms with Gasteiger partial charge in [0.25, 0.3) is 0 Å². The quantitative estimate of drug-likeness (QED) is 0.471. The van der Waals surface area contributed by atoms with Crippen LogP contribution in [0, 0.1) is 0 Å². The van der Waals surface area contributed by atoms with Crippen molar-refractivity contribution in [3.05, 3.63) is 70.0 Å². The van der Waals surface area contributed by atoms with Gasteiger partial charge in [-0.3, -0.25) is 0 Å². The van der Waals surface area contributed by atoms with Crippen LogP contribution >= 0.6 is 23.4 Å². The van der Waals surface area contributed by atoms with Crippen molar-refractivity contribution in [2.45, 2.75) is 24.2 Å². The summed E-state index contributed by atoms with van der Waals surface area (Å²) in [5, 5.41) is 5.24. The van der Waals surface area contributed by atoms with E-state index in [2.05, 4.69) is 15.6 Å². The zero-order valence-electron chi connectivity index (χ0n) is 16.1. The summed E-state index contributed by atoms with van der Waals surface area (Å²) in [5.74, 6) is -0.589. The molecule has 3 rings (SSSR count). The number of nitrogens with zero attached hydrogens (tertiary/aromatic N) is 1. The van der Waals surface area contributed by atoms with Crippen molar-refractivity contribution in [1.82, 2.24) is 15.6 Å². The van der Waals surface area contributed by atoms with Crippen LogP contribution in [0.4, 0.5) is 18.0 Å². The molecule has 1 atom stereocenters. The van der Waals surface area contributed by atoms with Crippen LogP contribution in [0.25, 0.3) is 0 Å². The zero-order chi connectivity index (χ0) is 22.6. The number of esters is 1. The predicted molar refractivity (Wildman–Crippen MR) is 109 cm³/mol. The summed E-state index contributed by atoms with van der Waals surface area (Å²) in [6, 6.07) is 8.37. The molecule has 0 spiro atoms. The van der Waals surface area contributed by atoms with Crippen molar-refractivity contribution in [1.29, 1.82) is 0 Å². The fraction of sp³-hybridized carbons (Fsp3) is 0.250. The second-order valence-corrected chi connectivity index (χ2v) is 7.72. The Kier molecular flexibility index (Phi) is 7.11. The molecule has 2 aromatic rings. The van der Waals surface area contributed by atoms with E-state index in [9.17, 15) is 22.8 Å². The number of nitrogens with one attached hydrogen (secondary N) is 2. The smallest absolute Gasteiger partial charge is 0.417 e. The number of benzene rings is 1. The van der Waals surface area contributed by atoms with E-state index in [-0.39, 0.29) is 33.7 Å². The summed E-state index contributed by atoms with van der Waals surface area (Å²) < 4.78 is 43.6. The maximum atomic E-state index is 12.8. The minimum atomic E-state index is -4.56. The van der Waals surface area contributed by atoms with Crippen molar-refractivity contribution < 1.29 is 27.5 Å². The molecule has 1 aromatic carbocycles. The van der Waals surface area contributed by atoms with Crippen LogP contribution in [-0.2, 0) is 15.7 Å². The first-order chi connectivity index (χ1) is 14.7. The number of aromatic nitrogens is 1. The Balaban J connectivity index is 1.93. The molecule has 1 aromatic heterocycles. The van der Waals surface area contributed by atoms with E-state index in [1.165, 1.54) is 0 Å². The Morgan fingerprint density at radius 1 is 1.29 bits per heavy atom. The molecule has 0 saturated heterocycles. The molecule has 1 aliphatic heterocycles. The van der Waals surface area contributed by atoms with E-state index in [0.29, 0.717) is 11.8 Å². The largest absolute Gasteiger partial charge is 0.463 e. The monoisotopic (exact) mass is 471 g/mol. The van der Waals surface area contributed by atoms with Crippen LogP contribution in [0.2, 0.25) is 5.02 Å². The molecule has 11 heteroatoms. The Bertz CT molecular complexity index is 1020. The third kappa shape index (κ3) is 5.50. The van der Waals surface area contributed by atoms with Gasteiger partial charge in [0.05, 0.1) is 28.8 Å². The predicted octanol–water partition coefficient (Wildman–Crippen LogP) is 4.72. The van der Waals surface area contributed by atoms with Crippen LogP contribution < -0.4 is 10.6 Å². The highest BCUT2D eigenvalue weighted by molar-refractivity contribution is 7.99. The normalized spacial score (nSPS) is 16.5. The molecule has 1 aliphatic rings. The van der Waals surface area contributed by atoms with Crippen molar-refractivity contribution in [3.8, 4) is 0 Å². The molecule has 0 saturated carbocycles. The van der Waals surface area contributed by atoms with Gasteiger partial charge in [-0.1, -0.05) is 53.7 Å². The van der Waals surface area contributed by atoms with E-state index in [1.807, 2.05) is 0 Å². The fourth-order valence-electron chi connectivity index (χ4n) is 2.90. The minimum absolute atomic E-state index is 0.0307. The number of alkyl halides is 3. The molecular weight excluding hydrogens is 455 g/mol. The Labute approximate surface area is 185 Å². The number of urea groups is 1. The maximum Gasteiger partial charge on any atom is 0.417 e. The van der Waals surface area contributed by atoms with Gasteiger partial charge in [-0.2, -0.15) is 13.2 Å². The molecule has 2 N–H and O–H groups in total. The zero-order valence-corrected chi connectivity index (χ0v) is 17.7. The van der Waals surface area contributed by atoms with E-state index in [4.69, 9.17) is 16.3 Å². The van der Waals surface area contributed by atoms with Crippen LogP contribution in [0.15, 0.2) is 58.9 Å². The Morgan fingerprint density at radius 2 is 2.00 bits per heavy atom. The average molecular weight is 472 g/mol. The van der Waals surface area contributed by atoms with Crippen LogP contribution in [0.1, 0.15) is 24.1 Å². The molecule has 31 heavy (non-hydrogen) atoms. The molecule has 0 aliphatic carbocycles. The molecule has 0 unspecified atom stereocenters. The second-order valence-electron chi connectivity index (χ2n) is 6.35. The number of carbonyl (C=O) groups excluding carboxylic acids is 2. The van der Waals surface area contributed by atoms with Gasteiger partial charge in [0.2, 0.25) is 0 Å². The van der Waals surface area contributed by atoms with E-state index < -0.39 is 29.8 Å². The van der Waals surface area contributed by atoms with Gasteiger partial charge in [0.15, 0.2) is 0 Å². The first-order valence-electron chi connectivity index (χ1n) is 9.08. The number of hydrogen-bond acceptors (Lipinski definition) is 5. The number of pyridine rings is 1. The lowest BCUT2D eigenvalue weighted by molar-refractivity contribution is -0.139. The van der Waals surface area contributed by atoms with Crippen LogP contribution in [0.3, 0.4) is 0 Å². The molecule has 164 valence electrons. The summed E-state index contributed by atoms with van der Waals surface area (Å²) in [5.41, 5.74) is 0.170. The molecular formula is C20H17ClF3N3O3S. The molecule has 0 radical (unpaired) electrons. The molecule has 0 fully saturated rings. The van der Waals surface area contributed by atoms with Crippen LogP contribution in [0.5, 0.6) is 0 Å². The molecule has 2 amide bonds. The van der Waals surface area contributed by atoms with Gasteiger partial charge in [-0.05, 0) is 18.6 Å². The summed E-state index contributed by atoms with van der Waals surface area (Å²) in [6.07, 6.45) is -3.88. The van der Waals surface area contributed by atoms with E-state index in [1.54, 1.807) is 37.3 Å². The lowest BCUT2D eigenvalue weighted by atomic mass is 9.95. The number of halogens is 4. The highest BCUT2D eigenvalue weighted by Gasteiger charge is 2.34. The van der Waals surface area contributed by atoms with Gasteiger partial charge in [-0.25, -0.2) is 14.6 Å². The highest BCUT2D eigenvalue weighted by atomic mass is 35.5. The van der Waals surface area contributed by atoms with Gasteiger partial charge in [0, 0.05) is 17.6 Å². The summed E-state index contributed by atoms with van der Waals surface area (Å²) in [4.78, 5) is 28.7. The van der Waals surface area contributed by atoms with Gasteiger partial charge in [-0.15, -0.1) is 0 Å². The van der Waals surface area contributed by atoms with Crippen molar-refractivity contribution in [2.24, 2.45) is 0 Å². The maximum absolute atomic E-state index is 12.8. The highest BCUT2D eigenvalue weighted by Crippen LogP contribution is 2.35. The first-order valence-corrected chi connectivity index (χ1v) is 10.4. The molecule has 6 nitrogen and oxygen atoms in total. The van der Waals surface area contributed by atoms with Crippen molar-refractivity contribution >= 4 is 35.4 Å². The lowest BCUT2D eigenvalue weighted by Crippen LogP contribution is -2.46. The number of carbonyl (C=O) groups is 2. The second kappa shape index (κ2) is 9.61. The number of hydrogen-bond donors (Lipinski definition) is 2. The summed E-state index contributed by atoms with van der Waals surface area (Å²) in [7, 11) is 0. The average Bonchev–Trinajstić information content (AvgIpc) is 2.72. The van der Waals surface area contributed by atoms with Crippen LogP contribution in [-0.4, -0.2) is 29.3 Å². The Hall–Kier alpha value is -2.72. The lowest BCUT2D eigenvalue weighted by Gasteiger charge is -2.29. The van der Waals surface area contributed by atoms with Crippen molar-refractivity contribution in [3.63, 3.8) is 0 Å². The topological polar surface area (TPSA) is 80.3 Å². The minimum Gasteiger partial charge on any atom is -0.463 e. The number of rotatable bonds is 6. The summed E-state index contributed by atoms with van der Waals surface area (Å²) in [6.45, 7) is 1.79. The molecule has 2 heterocycles. The molecule has 0 bridgehead atoms. The van der Waals surface area contributed by atoms with E-state index >= 15 is 0 Å². The fourth-order valence-corrected chi connectivity index (χ4v) is 4.07. The number of thioether (sulfide) groups is 1. The number of amides is 2. The third-order valence-electron chi connectivity index (χ3n) is 4.27. The van der Waals surface area contributed by atoms with Gasteiger partial charge >= 0.3 is 18.2 Å². The van der Waals surface area contributed by atoms with Gasteiger partial charge < -0.3 is 15.4 Å². The van der Waals surface area contributed by atoms with Crippen molar-refractivity contribution in [2.75, 3.05) is 12.4 Å². The summed E-state index contributed by atoms with van der Waals surface area (Å²) >= 11 is 6.96.